The van der Waals surface area contributed by atoms with Gasteiger partial charge in [0.2, 0.25) is 0 Å². The number of pyridine rings is 1. The van der Waals surface area contributed by atoms with E-state index >= 15 is 0 Å². The molecule has 10 heteroatoms. The molecule has 1 fully saturated rings. The van der Waals surface area contributed by atoms with E-state index in [2.05, 4.69) is 37.9 Å². The first-order valence-corrected chi connectivity index (χ1v) is 12.1. The van der Waals surface area contributed by atoms with Crippen LogP contribution in [0.3, 0.4) is 0 Å². The molecule has 1 aromatic carbocycles. The highest BCUT2D eigenvalue weighted by Crippen LogP contribution is 2.28. The number of rotatable bonds is 8. The lowest BCUT2D eigenvalue weighted by atomic mass is 9.98. The molecule has 0 atom stereocenters. The molecule has 3 heterocycles. The SMILES string of the molecule is Cc1nc(-c2nnn(C)c2Cn2nnc(N(C)Cc3ccccc3)n2)ccc1OC1CCCCC1. The summed E-state index contributed by atoms with van der Waals surface area (Å²) in [7, 11) is 3.81. The molecule has 10 nitrogen and oxygen atoms in total. The zero-order chi connectivity index (χ0) is 24.2. The molecule has 0 bridgehead atoms. The highest BCUT2D eigenvalue weighted by atomic mass is 16.5. The van der Waals surface area contributed by atoms with Crippen LogP contribution in [0.2, 0.25) is 0 Å². The molecule has 35 heavy (non-hydrogen) atoms. The zero-order valence-corrected chi connectivity index (χ0v) is 20.5. The summed E-state index contributed by atoms with van der Waals surface area (Å²) in [5.74, 6) is 1.40. The van der Waals surface area contributed by atoms with E-state index in [1.807, 2.05) is 56.3 Å². The molecule has 182 valence electrons. The molecule has 3 aromatic heterocycles. The van der Waals surface area contributed by atoms with Crippen molar-refractivity contribution in [3.05, 3.63) is 59.4 Å². The van der Waals surface area contributed by atoms with Gasteiger partial charge >= 0.3 is 0 Å². The van der Waals surface area contributed by atoms with Gasteiger partial charge in [0.25, 0.3) is 5.95 Å². The van der Waals surface area contributed by atoms with E-state index in [0.717, 1.165) is 35.7 Å². The fourth-order valence-corrected chi connectivity index (χ4v) is 4.44. The van der Waals surface area contributed by atoms with Crippen LogP contribution < -0.4 is 9.64 Å². The number of hydrogen-bond acceptors (Lipinski definition) is 8. The molecule has 0 spiro atoms. The smallest absolute Gasteiger partial charge is 0.266 e. The maximum atomic E-state index is 6.23. The monoisotopic (exact) mass is 473 g/mol. The van der Waals surface area contributed by atoms with E-state index in [0.29, 0.717) is 24.7 Å². The van der Waals surface area contributed by atoms with Crippen LogP contribution >= 0.6 is 0 Å². The minimum atomic E-state index is 0.287. The predicted octanol–water partition coefficient (Wildman–Crippen LogP) is 3.57. The van der Waals surface area contributed by atoms with Gasteiger partial charge < -0.3 is 9.64 Å². The van der Waals surface area contributed by atoms with Crippen molar-refractivity contribution < 1.29 is 4.74 Å². The van der Waals surface area contributed by atoms with Crippen molar-refractivity contribution in [2.45, 2.75) is 58.2 Å². The third kappa shape index (κ3) is 5.31. The topological polar surface area (TPSA) is 99.7 Å². The van der Waals surface area contributed by atoms with Crippen molar-refractivity contribution >= 4 is 5.95 Å². The number of aromatic nitrogens is 8. The standard InChI is InChI=1S/C25H31N9O/c1-18-23(35-20-12-8-5-9-13-20)15-14-21(26-18)24-22(33(3)30-27-24)17-34-29-25(28-31-34)32(2)16-19-10-6-4-7-11-19/h4,6-7,10-11,14-15,20H,5,8-9,12-13,16-17H2,1-3H3. The van der Waals surface area contributed by atoms with Crippen molar-refractivity contribution in [2.75, 3.05) is 11.9 Å². The van der Waals surface area contributed by atoms with Crippen molar-refractivity contribution in [3.8, 4) is 17.1 Å². The Bertz CT molecular complexity index is 1260. The molecule has 0 radical (unpaired) electrons. The second-order valence-electron chi connectivity index (χ2n) is 9.13. The Labute approximate surface area is 204 Å². The maximum absolute atomic E-state index is 6.23. The van der Waals surface area contributed by atoms with E-state index in [1.54, 1.807) is 9.48 Å². The molecular weight excluding hydrogens is 442 g/mol. The van der Waals surface area contributed by atoms with Crippen molar-refractivity contribution in [1.82, 2.24) is 40.2 Å². The zero-order valence-electron chi connectivity index (χ0n) is 20.5. The Hall–Kier alpha value is -3.82. The number of aryl methyl sites for hydroxylation is 2. The Balaban J connectivity index is 1.31. The molecular formula is C25H31N9O. The van der Waals surface area contributed by atoms with Gasteiger partial charge in [-0.3, -0.25) is 0 Å². The third-order valence-corrected chi connectivity index (χ3v) is 6.41. The third-order valence-electron chi connectivity index (χ3n) is 6.41. The van der Waals surface area contributed by atoms with Crippen LogP contribution in [-0.2, 0) is 20.1 Å². The van der Waals surface area contributed by atoms with Gasteiger partial charge in [0, 0.05) is 20.6 Å². The molecule has 1 saturated carbocycles. The normalized spacial score (nSPS) is 14.3. The highest BCUT2D eigenvalue weighted by molar-refractivity contribution is 5.58. The van der Waals surface area contributed by atoms with Crippen LogP contribution in [0.1, 0.15) is 49.1 Å². The molecule has 5 rings (SSSR count). The summed E-state index contributed by atoms with van der Waals surface area (Å²) in [6, 6.07) is 14.2. The maximum Gasteiger partial charge on any atom is 0.266 e. The first kappa shape index (κ1) is 22.9. The van der Waals surface area contributed by atoms with Crippen LogP contribution in [0.15, 0.2) is 42.5 Å². The van der Waals surface area contributed by atoms with Crippen LogP contribution in [0.5, 0.6) is 5.75 Å². The minimum absolute atomic E-state index is 0.287. The van der Waals surface area contributed by atoms with E-state index in [-0.39, 0.29) is 6.10 Å². The molecule has 4 aromatic rings. The van der Waals surface area contributed by atoms with Crippen LogP contribution in [-0.4, -0.2) is 53.3 Å². The second-order valence-corrected chi connectivity index (χ2v) is 9.13. The number of ether oxygens (including phenoxy) is 1. The van der Waals surface area contributed by atoms with Gasteiger partial charge in [-0.2, -0.15) is 4.80 Å². The second kappa shape index (κ2) is 10.2. The molecule has 0 unspecified atom stereocenters. The van der Waals surface area contributed by atoms with E-state index < -0.39 is 0 Å². The molecule has 1 aliphatic carbocycles. The fraction of sp³-hybridized carbons (Fsp3) is 0.440. The van der Waals surface area contributed by atoms with E-state index in [1.165, 1.54) is 24.8 Å². The molecule has 0 amide bonds. The van der Waals surface area contributed by atoms with Crippen molar-refractivity contribution in [3.63, 3.8) is 0 Å². The van der Waals surface area contributed by atoms with Gasteiger partial charge in [-0.05, 0) is 55.5 Å². The lowest BCUT2D eigenvalue weighted by Crippen LogP contribution is -2.20. The fourth-order valence-electron chi connectivity index (χ4n) is 4.44. The molecule has 1 aliphatic rings. The van der Waals surface area contributed by atoms with E-state index in [9.17, 15) is 0 Å². The van der Waals surface area contributed by atoms with Gasteiger partial charge in [0.1, 0.15) is 18.0 Å². The lowest BCUT2D eigenvalue weighted by molar-refractivity contribution is 0.153. The lowest BCUT2D eigenvalue weighted by Gasteiger charge is -2.23. The van der Waals surface area contributed by atoms with Gasteiger partial charge in [0.05, 0.1) is 23.2 Å². The minimum Gasteiger partial charge on any atom is -0.489 e. The molecule has 0 aliphatic heterocycles. The van der Waals surface area contributed by atoms with Crippen LogP contribution in [0.25, 0.3) is 11.4 Å². The predicted molar refractivity (Wildman–Crippen MR) is 132 cm³/mol. The summed E-state index contributed by atoms with van der Waals surface area (Å²) < 4.78 is 7.97. The van der Waals surface area contributed by atoms with Crippen LogP contribution in [0.4, 0.5) is 5.95 Å². The number of tetrazole rings is 1. The Kier molecular flexibility index (Phi) is 6.69. The molecule has 0 N–H and O–H groups in total. The van der Waals surface area contributed by atoms with Gasteiger partial charge in [-0.15, -0.1) is 10.2 Å². The van der Waals surface area contributed by atoms with Gasteiger partial charge in [0.15, 0.2) is 0 Å². The Morgan fingerprint density at radius 3 is 2.57 bits per heavy atom. The number of anilines is 1. The number of nitrogens with zero attached hydrogens (tertiary/aromatic N) is 9. The van der Waals surface area contributed by atoms with Gasteiger partial charge in [-0.25, -0.2) is 9.67 Å². The van der Waals surface area contributed by atoms with Crippen molar-refractivity contribution in [2.24, 2.45) is 7.05 Å². The number of hydrogen-bond donors (Lipinski definition) is 0. The Morgan fingerprint density at radius 1 is 1.00 bits per heavy atom. The summed E-state index contributed by atoms with van der Waals surface area (Å²) in [6.07, 6.45) is 6.29. The average molecular weight is 474 g/mol. The average Bonchev–Trinajstić information content (AvgIpc) is 3.49. The summed E-state index contributed by atoms with van der Waals surface area (Å²) in [5, 5.41) is 21.7. The summed E-state index contributed by atoms with van der Waals surface area (Å²) in [5.41, 5.74) is 4.35. The van der Waals surface area contributed by atoms with E-state index in [4.69, 9.17) is 9.72 Å². The first-order chi connectivity index (χ1) is 17.1. The summed E-state index contributed by atoms with van der Waals surface area (Å²) in [4.78, 5) is 8.32. The highest BCUT2D eigenvalue weighted by Gasteiger charge is 2.20. The molecule has 0 saturated heterocycles. The van der Waals surface area contributed by atoms with Gasteiger partial charge in [-0.1, -0.05) is 47.1 Å². The largest absolute Gasteiger partial charge is 0.489 e. The number of benzene rings is 1. The first-order valence-electron chi connectivity index (χ1n) is 12.1. The van der Waals surface area contributed by atoms with Crippen molar-refractivity contribution in [1.29, 1.82) is 0 Å². The quantitative estimate of drug-likeness (QED) is 0.383. The summed E-state index contributed by atoms with van der Waals surface area (Å²) in [6.45, 7) is 3.06. The Morgan fingerprint density at radius 2 is 1.80 bits per heavy atom. The summed E-state index contributed by atoms with van der Waals surface area (Å²) >= 11 is 0. The van der Waals surface area contributed by atoms with Crippen LogP contribution in [0, 0.1) is 6.92 Å².